The van der Waals surface area contributed by atoms with E-state index in [1.165, 1.54) is 10.6 Å². The van der Waals surface area contributed by atoms with Gasteiger partial charge in [-0.3, -0.25) is 4.79 Å². The molecule has 0 bridgehead atoms. The lowest BCUT2D eigenvalue weighted by atomic mass is 10.1. The van der Waals surface area contributed by atoms with Crippen molar-refractivity contribution < 1.29 is 18.3 Å². The van der Waals surface area contributed by atoms with E-state index in [2.05, 4.69) is 10.3 Å². The predicted octanol–water partition coefficient (Wildman–Crippen LogP) is 4.02. The molecule has 4 rings (SSSR count). The largest absolute Gasteiger partial charge is 0.448 e. The van der Waals surface area contributed by atoms with Gasteiger partial charge in [0.05, 0.1) is 5.52 Å². The molecular formula is C20H20ClF2N3O3. The van der Waals surface area contributed by atoms with E-state index in [1.807, 2.05) is 0 Å². The first kappa shape index (κ1) is 21.0. The molecular weight excluding hydrogens is 404 g/mol. The molecule has 3 heterocycles. The van der Waals surface area contributed by atoms with Gasteiger partial charge in [0.25, 0.3) is 5.56 Å². The Bertz CT molecular complexity index is 1080. The fraction of sp³-hybridized carbons (Fsp3) is 0.300. The number of halogens is 3. The molecule has 29 heavy (non-hydrogen) atoms. The van der Waals surface area contributed by atoms with Gasteiger partial charge in [-0.1, -0.05) is 0 Å². The zero-order chi connectivity index (χ0) is 19.7. The van der Waals surface area contributed by atoms with Crippen LogP contribution in [0.3, 0.4) is 0 Å². The van der Waals surface area contributed by atoms with E-state index >= 15 is 0 Å². The van der Waals surface area contributed by atoms with Crippen LogP contribution in [-0.2, 0) is 11.8 Å². The zero-order valence-corrected chi connectivity index (χ0v) is 16.5. The highest BCUT2D eigenvalue weighted by Gasteiger charge is 2.16. The molecule has 1 fully saturated rings. The normalized spacial score (nSPS) is 14.4. The number of aromatic nitrogens is 2. The second-order valence-corrected chi connectivity index (χ2v) is 6.71. The van der Waals surface area contributed by atoms with Crippen molar-refractivity contribution in [1.29, 1.82) is 0 Å². The van der Waals surface area contributed by atoms with Crippen LogP contribution in [0.2, 0.25) is 0 Å². The van der Waals surface area contributed by atoms with Gasteiger partial charge in [0, 0.05) is 50.0 Å². The molecule has 154 valence electrons. The highest BCUT2D eigenvalue weighted by atomic mass is 35.5. The number of ether oxygens (including phenoxy) is 2. The summed E-state index contributed by atoms with van der Waals surface area (Å²) in [6.07, 6.45) is 3.42. The summed E-state index contributed by atoms with van der Waals surface area (Å²) in [5.41, 5.74) is 0.237. The molecule has 0 radical (unpaired) electrons. The lowest BCUT2D eigenvalue weighted by Crippen LogP contribution is -2.28. The van der Waals surface area contributed by atoms with E-state index in [1.54, 1.807) is 19.3 Å². The summed E-state index contributed by atoms with van der Waals surface area (Å²) in [6, 6.07) is 6.50. The van der Waals surface area contributed by atoms with Crippen LogP contribution in [0.4, 0.5) is 14.6 Å². The van der Waals surface area contributed by atoms with Crippen molar-refractivity contribution in [2.24, 2.45) is 7.05 Å². The first-order valence-electron chi connectivity index (χ1n) is 8.98. The van der Waals surface area contributed by atoms with Crippen LogP contribution in [0.15, 0.2) is 41.3 Å². The number of hydrogen-bond acceptors (Lipinski definition) is 5. The molecule has 0 atom stereocenters. The molecule has 0 unspecified atom stereocenters. The van der Waals surface area contributed by atoms with E-state index in [0.29, 0.717) is 36.0 Å². The maximum Gasteiger partial charge on any atom is 0.293 e. The van der Waals surface area contributed by atoms with E-state index in [-0.39, 0.29) is 29.9 Å². The third-order valence-electron chi connectivity index (χ3n) is 4.76. The van der Waals surface area contributed by atoms with Gasteiger partial charge < -0.3 is 19.4 Å². The topological polar surface area (TPSA) is 65.4 Å². The van der Waals surface area contributed by atoms with Gasteiger partial charge in [-0.05, 0) is 31.0 Å². The third-order valence-corrected chi connectivity index (χ3v) is 4.76. The third kappa shape index (κ3) is 4.49. The maximum atomic E-state index is 13.9. The van der Waals surface area contributed by atoms with Crippen LogP contribution in [0, 0.1) is 11.6 Å². The standard InChI is InChI=1S/C20H19F2N3O3.ClH/c1-25-16-10-19(24-14-4-6-27-7-5-14)23-11-12(16)8-18(20(25)26)28-17-3-2-13(21)9-15(17)22;/h2-3,8-11,14H,4-7H2,1H3,(H,23,24);1H. The van der Waals surface area contributed by atoms with Crippen LogP contribution >= 0.6 is 12.4 Å². The minimum absolute atomic E-state index is 0. The molecule has 9 heteroatoms. The number of pyridine rings is 2. The Kier molecular flexibility index (Phi) is 6.34. The van der Waals surface area contributed by atoms with Crippen molar-refractivity contribution in [3.8, 4) is 11.5 Å². The van der Waals surface area contributed by atoms with Crippen molar-refractivity contribution in [3.63, 3.8) is 0 Å². The lowest BCUT2D eigenvalue weighted by molar-refractivity contribution is 0.0904. The Hall–Kier alpha value is -2.71. The predicted molar refractivity (Wildman–Crippen MR) is 108 cm³/mol. The molecule has 6 nitrogen and oxygen atoms in total. The van der Waals surface area contributed by atoms with Gasteiger partial charge in [-0.25, -0.2) is 13.8 Å². The highest BCUT2D eigenvalue weighted by molar-refractivity contribution is 5.85. The number of nitrogens with one attached hydrogen (secondary N) is 1. The fourth-order valence-corrected chi connectivity index (χ4v) is 3.21. The summed E-state index contributed by atoms with van der Waals surface area (Å²) in [5.74, 6) is -1.20. The number of rotatable bonds is 4. The summed E-state index contributed by atoms with van der Waals surface area (Å²) in [5, 5.41) is 4.03. The van der Waals surface area contributed by atoms with Crippen molar-refractivity contribution in [3.05, 3.63) is 58.5 Å². The number of nitrogens with zero attached hydrogens (tertiary/aromatic N) is 2. The first-order valence-corrected chi connectivity index (χ1v) is 8.98. The van der Waals surface area contributed by atoms with E-state index in [4.69, 9.17) is 9.47 Å². The molecule has 0 saturated carbocycles. The van der Waals surface area contributed by atoms with E-state index < -0.39 is 17.2 Å². The van der Waals surface area contributed by atoms with E-state index in [9.17, 15) is 13.6 Å². The second-order valence-electron chi connectivity index (χ2n) is 6.71. The number of aryl methyl sites for hydroxylation is 1. The van der Waals surface area contributed by atoms with Crippen molar-refractivity contribution in [1.82, 2.24) is 9.55 Å². The molecule has 1 aromatic carbocycles. The minimum Gasteiger partial charge on any atom is -0.448 e. The number of anilines is 1. The minimum atomic E-state index is -0.878. The Morgan fingerprint density at radius 3 is 2.66 bits per heavy atom. The highest BCUT2D eigenvalue weighted by Crippen LogP contribution is 2.26. The molecule has 3 aromatic rings. The SMILES string of the molecule is Cl.Cn1c(=O)c(Oc2ccc(F)cc2F)cc2cnc(NC3CCOCC3)cc21. The second kappa shape index (κ2) is 8.75. The number of fused-ring (bicyclic) bond motifs is 1. The molecule has 1 aliphatic heterocycles. The van der Waals surface area contributed by atoms with Gasteiger partial charge in [0.1, 0.15) is 11.6 Å². The Labute approximate surface area is 171 Å². The van der Waals surface area contributed by atoms with E-state index in [0.717, 1.165) is 25.0 Å². The molecule has 2 aromatic heterocycles. The smallest absolute Gasteiger partial charge is 0.293 e. The average molecular weight is 424 g/mol. The van der Waals surface area contributed by atoms with Crippen LogP contribution in [0.5, 0.6) is 11.5 Å². The monoisotopic (exact) mass is 423 g/mol. The van der Waals surface area contributed by atoms with Crippen LogP contribution < -0.4 is 15.6 Å². The molecule has 1 saturated heterocycles. The van der Waals surface area contributed by atoms with Gasteiger partial charge in [-0.2, -0.15) is 0 Å². The van der Waals surface area contributed by atoms with Gasteiger partial charge >= 0.3 is 0 Å². The van der Waals surface area contributed by atoms with Crippen LogP contribution in [0.1, 0.15) is 12.8 Å². The Balaban J connectivity index is 0.00000240. The zero-order valence-electron chi connectivity index (χ0n) is 15.7. The molecule has 0 spiro atoms. The molecule has 0 aliphatic carbocycles. The van der Waals surface area contributed by atoms with Crippen LogP contribution in [-0.4, -0.2) is 28.8 Å². The fourth-order valence-electron chi connectivity index (χ4n) is 3.21. The molecule has 1 N–H and O–H groups in total. The lowest BCUT2D eigenvalue weighted by Gasteiger charge is -2.23. The summed E-state index contributed by atoms with van der Waals surface area (Å²) in [4.78, 5) is 17.1. The molecule has 1 aliphatic rings. The van der Waals surface area contributed by atoms with Crippen molar-refractivity contribution in [2.75, 3.05) is 18.5 Å². The Morgan fingerprint density at radius 2 is 1.93 bits per heavy atom. The quantitative estimate of drug-likeness (QED) is 0.686. The van der Waals surface area contributed by atoms with Crippen molar-refractivity contribution in [2.45, 2.75) is 18.9 Å². The number of benzene rings is 1. The summed E-state index contributed by atoms with van der Waals surface area (Å²) in [6.45, 7) is 1.43. The maximum absolute atomic E-state index is 13.9. The average Bonchev–Trinajstić information content (AvgIpc) is 2.69. The summed E-state index contributed by atoms with van der Waals surface area (Å²) >= 11 is 0. The van der Waals surface area contributed by atoms with Gasteiger partial charge in [0.15, 0.2) is 17.3 Å². The van der Waals surface area contributed by atoms with Crippen molar-refractivity contribution >= 4 is 29.1 Å². The first-order chi connectivity index (χ1) is 13.5. The Morgan fingerprint density at radius 1 is 1.17 bits per heavy atom. The number of hydrogen-bond donors (Lipinski definition) is 1. The van der Waals surface area contributed by atoms with Gasteiger partial charge in [0.2, 0.25) is 0 Å². The van der Waals surface area contributed by atoms with Gasteiger partial charge in [-0.15, -0.1) is 12.4 Å². The van der Waals surface area contributed by atoms with Crippen LogP contribution in [0.25, 0.3) is 10.9 Å². The summed E-state index contributed by atoms with van der Waals surface area (Å²) in [7, 11) is 1.61. The summed E-state index contributed by atoms with van der Waals surface area (Å²) < 4.78 is 39.1. The molecule has 0 amide bonds.